The van der Waals surface area contributed by atoms with Gasteiger partial charge in [0.05, 0.1) is 12.1 Å². The quantitative estimate of drug-likeness (QED) is 0.766. The predicted molar refractivity (Wildman–Crippen MR) is 77.9 cm³/mol. The Morgan fingerprint density at radius 3 is 2.48 bits per heavy atom. The lowest BCUT2D eigenvalue weighted by Crippen LogP contribution is -2.32. The number of amides is 1. The number of rotatable bonds is 8. The van der Waals surface area contributed by atoms with E-state index in [0.717, 1.165) is 12.0 Å². The molecular weight excluding hydrogens is 272 g/mol. The van der Waals surface area contributed by atoms with Gasteiger partial charge in [0.1, 0.15) is 5.76 Å². The Labute approximate surface area is 124 Å². The number of carboxylic acids is 1. The normalized spacial score (nSPS) is 12.4. The molecule has 0 bridgehead atoms. The van der Waals surface area contributed by atoms with Gasteiger partial charge < -0.3 is 14.9 Å². The lowest BCUT2D eigenvalue weighted by atomic mass is 9.94. The maximum absolute atomic E-state index is 12.0. The number of aryl methyl sites for hydroxylation is 2. The molecule has 1 heterocycles. The Morgan fingerprint density at radius 2 is 2.00 bits per heavy atom. The van der Waals surface area contributed by atoms with Crippen molar-refractivity contribution in [2.45, 2.75) is 47.0 Å². The van der Waals surface area contributed by atoms with E-state index < -0.39 is 5.97 Å². The average Bonchev–Trinajstić information content (AvgIpc) is 2.66. The number of hydrogen-bond acceptors (Lipinski definition) is 4. The molecule has 2 N–H and O–H groups in total. The van der Waals surface area contributed by atoms with Gasteiger partial charge in [0.15, 0.2) is 0 Å². The van der Waals surface area contributed by atoms with Gasteiger partial charge in [-0.05, 0) is 32.1 Å². The first-order chi connectivity index (χ1) is 9.79. The van der Waals surface area contributed by atoms with Crippen LogP contribution in [0.4, 0.5) is 0 Å². The van der Waals surface area contributed by atoms with Crippen LogP contribution in [0.25, 0.3) is 0 Å². The minimum Gasteiger partial charge on any atom is -0.481 e. The number of carboxylic acid groups (broad SMARTS) is 1. The molecule has 0 aliphatic rings. The van der Waals surface area contributed by atoms with E-state index in [1.54, 1.807) is 13.8 Å². The Bertz CT molecular complexity index is 474. The monoisotopic (exact) mass is 296 g/mol. The minimum atomic E-state index is -0.833. The van der Waals surface area contributed by atoms with Crippen LogP contribution >= 0.6 is 0 Å². The van der Waals surface area contributed by atoms with E-state index in [2.05, 4.69) is 10.5 Å². The molecule has 0 aromatic carbocycles. The van der Waals surface area contributed by atoms with Crippen molar-refractivity contribution in [3.63, 3.8) is 0 Å². The molecule has 1 unspecified atom stereocenters. The van der Waals surface area contributed by atoms with Crippen LogP contribution in [0.2, 0.25) is 0 Å². The van der Waals surface area contributed by atoms with E-state index >= 15 is 0 Å². The van der Waals surface area contributed by atoms with Crippen LogP contribution in [-0.2, 0) is 16.0 Å². The summed E-state index contributed by atoms with van der Waals surface area (Å²) in [4.78, 5) is 22.8. The third-order valence-corrected chi connectivity index (χ3v) is 3.37. The Balaban J connectivity index is 2.51. The van der Waals surface area contributed by atoms with Gasteiger partial charge in [0.25, 0.3) is 0 Å². The second-order valence-corrected chi connectivity index (χ2v) is 5.88. The zero-order valence-corrected chi connectivity index (χ0v) is 13.1. The molecule has 1 aromatic heterocycles. The van der Waals surface area contributed by atoms with E-state index in [0.29, 0.717) is 23.9 Å². The highest BCUT2D eigenvalue weighted by atomic mass is 16.5. The summed E-state index contributed by atoms with van der Waals surface area (Å²) in [5.41, 5.74) is 1.51. The summed E-state index contributed by atoms with van der Waals surface area (Å²) in [5.74, 6) is 0.0287. The van der Waals surface area contributed by atoms with Gasteiger partial charge in [-0.3, -0.25) is 9.59 Å². The maximum atomic E-state index is 12.0. The third-order valence-electron chi connectivity index (χ3n) is 3.37. The summed E-state index contributed by atoms with van der Waals surface area (Å²) < 4.78 is 5.02. The van der Waals surface area contributed by atoms with Crippen molar-refractivity contribution in [2.24, 2.45) is 11.8 Å². The number of hydrogen-bond donors (Lipinski definition) is 2. The first kappa shape index (κ1) is 17.2. The maximum Gasteiger partial charge on any atom is 0.303 e. The number of aromatic nitrogens is 1. The number of nitrogens with one attached hydrogen (secondary N) is 1. The number of carbonyl (C=O) groups excluding carboxylic acids is 1. The van der Waals surface area contributed by atoms with Crippen molar-refractivity contribution >= 4 is 11.9 Å². The summed E-state index contributed by atoms with van der Waals surface area (Å²) in [7, 11) is 0. The standard InChI is InChI=1S/C15H24N2O4/c1-9(2)5-12(6-15(19)20)8-16-14(18)7-13-10(3)17-21-11(13)4/h9,12H,5-8H2,1-4H3,(H,16,18)(H,19,20). The molecule has 118 valence electrons. The second-order valence-electron chi connectivity index (χ2n) is 5.88. The van der Waals surface area contributed by atoms with Crippen LogP contribution in [0.3, 0.4) is 0 Å². The van der Waals surface area contributed by atoms with Crippen LogP contribution in [0.5, 0.6) is 0 Å². The zero-order chi connectivity index (χ0) is 16.0. The molecule has 1 atom stereocenters. The van der Waals surface area contributed by atoms with Crippen LogP contribution in [0.15, 0.2) is 4.52 Å². The van der Waals surface area contributed by atoms with Gasteiger partial charge in [-0.2, -0.15) is 0 Å². The van der Waals surface area contributed by atoms with Crippen molar-refractivity contribution < 1.29 is 19.2 Å². The zero-order valence-electron chi connectivity index (χ0n) is 13.1. The topological polar surface area (TPSA) is 92.4 Å². The fourth-order valence-corrected chi connectivity index (χ4v) is 2.39. The number of aliphatic carboxylic acids is 1. The summed E-state index contributed by atoms with van der Waals surface area (Å²) in [6.07, 6.45) is 1.06. The molecule has 0 aliphatic heterocycles. The fourth-order valence-electron chi connectivity index (χ4n) is 2.39. The fraction of sp³-hybridized carbons (Fsp3) is 0.667. The molecule has 6 nitrogen and oxygen atoms in total. The molecule has 0 spiro atoms. The third kappa shape index (κ3) is 5.97. The first-order valence-corrected chi connectivity index (χ1v) is 7.19. The van der Waals surface area contributed by atoms with Crippen molar-refractivity contribution in [2.75, 3.05) is 6.54 Å². The van der Waals surface area contributed by atoms with Gasteiger partial charge in [0.2, 0.25) is 5.91 Å². The van der Waals surface area contributed by atoms with Crippen LogP contribution in [-0.4, -0.2) is 28.7 Å². The molecule has 0 saturated heterocycles. The van der Waals surface area contributed by atoms with E-state index in [4.69, 9.17) is 9.63 Å². The summed E-state index contributed by atoms with van der Waals surface area (Å²) >= 11 is 0. The molecule has 0 aliphatic carbocycles. The molecule has 1 rings (SSSR count). The average molecular weight is 296 g/mol. The van der Waals surface area contributed by atoms with Gasteiger partial charge in [-0.15, -0.1) is 0 Å². The highest BCUT2D eigenvalue weighted by Gasteiger charge is 2.18. The summed E-state index contributed by atoms with van der Waals surface area (Å²) in [6.45, 7) is 8.04. The van der Waals surface area contributed by atoms with E-state index in [1.807, 2.05) is 13.8 Å². The minimum absolute atomic E-state index is 0.0453. The summed E-state index contributed by atoms with van der Waals surface area (Å²) in [6, 6.07) is 0. The molecule has 0 fully saturated rings. The molecular formula is C15H24N2O4. The largest absolute Gasteiger partial charge is 0.481 e. The van der Waals surface area contributed by atoms with Crippen molar-refractivity contribution in [3.05, 3.63) is 17.0 Å². The van der Waals surface area contributed by atoms with E-state index in [1.165, 1.54) is 0 Å². The molecule has 0 radical (unpaired) electrons. The Kier molecular flexibility index (Phi) is 6.39. The molecule has 1 aromatic rings. The smallest absolute Gasteiger partial charge is 0.303 e. The number of carbonyl (C=O) groups is 2. The van der Waals surface area contributed by atoms with Gasteiger partial charge in [-0.1, -0.05) is 19.0 Å². The number of nitrogens with zero attached hydrogens (tertiary/aromatic N) is 1. The van der Waals surface area contributed by atoms with Crippen LogP contribution < -0.4 is 5.32 Å². The SMILES string of the molecule is Cc1noc(C)c1CC(=O)NCC(CC(=O)O)CC(C)C. The van der Waals surface area contributed by atoms with Gasteiger partial charge in [-0.25, -0.2) is 0 Å². The first-order valence-electron chi connectivity index (χ1n) is 7.19. The van der Waals surface area contributed by atoms with E-state index in [9.17, 15) is 9.59 Å². The van der Waals surface area contributed by atoms with E-state index in [-0.39, 0.29) is 24.7 Å². The molecule has 0 saturated carbocycles. The lowest BCUT2D eigenvalue weighted by Gasteiger charge is -2.17. The van der Waals surface area contributed by atoms with Crippen LogP contribution in [0, 0.1) is 25.7 Å². The Morgan fingerprint density at radius 1 is 1.33 bits per heavy atom. The lowest BCUT2D eigenvalue weighted by molar-refractivity contribution is -0.138. The van der Waals surface area contributed by atoms with Gasteiger partial charge in [0, 0.05) is 18.5 Å². The van der Waals surface area contributed by atoms with Gasteiger partial charge >= 0.3 is 5.97 Å². The Hall–Kier alpha value is -1.85. The molecule has 1 amide bonds. The van der Waals surface area contributed by atoms with Crippen molar-refractivity contribution in [1.29, 1.82) is 0 Å². The second kappa shape index (κ2) is 7.81. The van der Waals surface area contributed by atoms with Crippen LogP contribution in [0.1, 0.15) is 43.7 Å². The highest BCUT2D eigenvalue weighted by Crippen LogP contribution is 2.16. The highest BCUT2D eigenvalue weighted by molar-refractivity contribution is 5.79. The molecule has 21 heavy (non-hydrogen) atoms. The molecule has 6 heteroatoms. The summed E-state index contributed by atoms with van der Waals surface area (Å²) in [5, 5.41) is 15.5. The predicted octanol–water partition coefficient (Wildman–Crippen LogP) is 2.09. The van der Waals surface area contributed by atoms with Crippen molar-refractivity contribution in [3.8, 4) is 0 Å². The van der Waals surface area contributed by atoms with Crippen molar-refractivity contribution in [1.82, 2.24) is 10.5 Å².